The highest BCUT2D eigenvalue weighted by Crippen LogP contribution is 2.28. The van der Waals surface area contributed by atoms with E-state index in [9.17, 15) is 0 Å². The SMILES string of the molecule is CCNc1nc(NCCOCC2CC2)nc(OC)n1. The van der Waals surface area contributed by atoms with E-state index in [2.05, 4.69) is 25.6 Å². The normalized spacial score (nSPS) is 14.2. The second-order valence-corrected chi connectivity index (χ2v) is 4.44. The first-order valence-corrected chi connectivity index (χ1v) is 6.67. The van der Waals surface area contributed by atoms with Gasteiger partial charge in [-0.1, -0.05) is 0 Å². The van der Waals surface area contributed by atoms with E-state index in [0.29, 0.717) is 31.1 Å². The molecule has 0 spiro atoms. The Labute approximate surface area is 113 Å². The van der Waals surface area contributed by atoms with Gasteiger partial charge in [0.25, 0.3) is 0 Å². The number of ether oxygens (including phenoxy) is 2. The zero-order valence-electron chi connectivity index (χ0n) is 11.5. The van der Waals surface area contributed by atoms with Gasteiger partial charge in [0, 0.05) is 19.7 Å². The Hall–Kier alpha value is -1.63. The summed E-state index contributed by atoms with van der Waals surface area (Å²) in [5, 5.41) is 6.14. The van der Waals surface area contributed by atoms with Crippen molar-refractivity contribution in [2.24, 2.45) is 5.92 Å². The second kappa shape index (κ2) is 7.08. The minimum Gasteiger partial charge on any atom is -0.467 e. The Bertz CT molecular complexity index is 398. The van der Waals surface area contributed by atoms with Crippen LogP contribution in [-0.2, 0) is 4.74 Å². The lowest BCUT2D eigenvalue weighted by Crippen LogP contribution is -2.14. The molecule has 106 valence electrons. The molecular weight excluding hydrogens is 246 g/mol. The van der Waals surface area contributed by atoms with Gasteiger partial charge in [0.2, 0.25) is 11.9 Å². The third kappa shape index (κ3) is 4.86. The van der Waals surface area contributed by atoms with E-state index in [1.807, 2.05) is 6.92 Å². The van der Waals surface area contributed by atoms with Gasteiger partial charge in [0.15, 0.2) is 0 Å². The predicted molar refractivity (Wildman–Crippen MR) is 72.6 cm³/mol. The molecule has 2 N–H and O–H groups in total. The van der Waals surface area contributed by atoms with E-state index in [-0.39, 0.29) is 0 Å². The van der Waals surface area contributed by atoms with Crippen LogP contribution in [-0.4, -0.2) is 48.4 Å². The molecule has 1 aliphatic rings. The van der Waals surface area contributed by atoms with Crippen LogP contribution in [0.2, 0.25) is 0 Å². The number of nitrogens with zero attached hydrogens (tertiary/aromatic N) is 3. The van der Waals surface area contributed by atoms with Gasteiger partial charge in [0.1, 0.15) is 0 Å². The van der Waals surface area contributed by atoms with Gasteiger partial charge in [-0.05, 0) is 25.7 Å². The molecule has 1 aromatic rings. The fourth-order valence-corrected chi connectivity index (χ4v) is 1.53. The van der Waals surface area contributed by atoms with Crippen LogP contribution in [0.25, 0.3) is 0 Å². The molecule has 0 atom stereocenters. The molecule has 2 rings (SSSR count). The summed E-state index contributed by atoms with van der Waals surface area (Å²) in [6.07, 6.45) is 2.62. The van der Waals surface area contributed by atoms with Gasteiger partial charge in [0.05, 0.1) is 13.7 Å². The molecule has 0 saturated heterocycles. The van der Waals surface area contributed by atoms with E-state index >= 15 is 0 Å². The number of nitrogens with one attached hydrogen (secondary N) is 2. The van der Waals surface area contributed by atoms with Gasteiger partial charge < -0.3 is 20.1 Å². The summed E-state index contributed by atoms with van der Waals surface area (Å²) >= 11 is 0. The van der Waals surface area contributed by atoms with Crippen LogP contribution >= 0.6 is 0 Å². The van der Waals surface area contributed by atoms with Crippen molar-refractivity contribution in [3.63, 3.8) is 0 Å². The molecular formula is C12H21N5O2. The maximum atomic E-state index is 5.53. The first-order chi connectivity index (χ1) is 9.31. The second-order valence-electron chi connectivity index (χ2n) is 4.44. The molecule has 1 aromatic heterocycles. The van der Waals surface area contributed by atoms with Crippen molar-refractivity contribution in [3.05, 3.63) is 0 Å². The quantitative estimate of drug-likeness (QED) is 0.649. The third-order valence-electron chi connectivity index (χ3n) is 2.71. The van der Waals surface area contributed by atoms with Crippen LogP contribution in [0.15, 0.2) is 0 Å². The summed E-state index contributed by atoms with van der Waals surface area (Å²) in [5.74, 6) is 1.80. The summed E-state index contributed by atoms with van der Waals surface area (Å²) in [5.41, 5.74) is 0. The van der Waals surface area contributed by atoms with E-state index < -0.39 is 0 Å². The molecule has 0 aliphatic heterocycles. The van der Waals surface area contributed by atoms with Crippen molar-refractivity contribution in [2.45, 2.75) is 19.8 Å². The molecule has 0 unspecified atom stereocenters. The van der Waals surface area contributed by atoms with Crippen molar-refractivity contribution < 1.29 is 9.47 Å². The standard InChI is InChI=1S/C12H21N5O2/c1-3-13-10-15-11(17-12(16-10)18-2)14-6-7-19-8-9-4-5-9/h9H,3-8H2,1-2H3,(H2,13,14,15,16,17). The van der Waals surface area contributed by atoms with Crippen LogP contribution in [0.4, 0.5) is 11.9 Å². The van der Waals surface area contributed by atoms with Crippen LogP contribution in [0.1, 0.15) is 19.8 Å². The van der Waals surface area contributed by atoms with Gasteiger partial charge >= 0.3 is 6.01 Å². The monoisotopic (exact) mass is 267 g/mol. The van der Waals surface area contributed by atoms with Crippen LogP contribution in [0, 0.1) is 5.92 Å². The lowest BCUT2D eigenvalue weighted by molar-refractivity contribution is 0.133. The van der Waals surface area contributed by atoms with Gasteiger partial charge in [-0.25, -0.2) is 0 Å². The molecule has 0 bridgehead atoms. The lowest BCUT2D eigenvalue weighted by Gasteiger charge is -2.08. The maximum Gasteiger partial charge on any atom is 0.322 e. The van der Waals surface area contributed by atoms with Crippen molar-refractivity contribution >= 4 is 11.9 Å². The Balaban J connectivity index is 1.78. The van der Waals surface area contributed by atoms with Gasteiger partial charge in [-0.2, -0.15) is 15.0 Å². The van der Waals surface area contributed by atoms with Crippen molar-refractivity contribution in [1.29, 1.82) is 0 Å². The number of anilines is 2. The minimum atomic E-state index is 0.298. The minimum absolute atomic E-state index is 0.298. The number of aromatic nitrogens is 3. The van der Waals surface area contributed by atoms with E-state index in [4.69, 9.17) is 9.47 Å². The molecule has 7 nitrogen and oxygen atoms in total. The summed E-state index contributed by atoms with van der Waals surface area (Å²) < 4.78 is 10.6. The summed E-state index contributed by atoms with van der Waals surface area (Å²) in [4.78, 5) is 12.5. The van der Waals surface area contributed by atoms with Gasteiger partial charge in [-0.3, -0.25) is 0 Å². The number of rotatable bonds is 9. The van der Waals surface area contributed by atoms with E-state index in [1.54, 1.807) is 0 Å². The van der Waals surface area contributed by atoms with Crippen LogP contribution in [0.3, 0.4) is 0 Å². The smallest absolute Gasteiger partial charge is 0.322 e. The lowest BCUT2D eigenvalue weighted by atomic mass is 10.5. The first-order valence-electron chi connectivity index (χ1n) is 6.67. The number of hydrogen-bond donors (Lipinski definition) is 2. The Morgan fingerprint density at radius 3 is 2.53 bits per heavy atom. The summed E-state index contributed by atoms with van der Waals surface area (Å²) in [7, 11) is 1.54. The van der Waals surface area contributed by atoms with Crippen LogP contribution < -0.4 is 15.4 Å². The zero-order chi connectivity index (χ0) is 13.5. The summed E-state index contributed by atoms with van der Waals surface area (Å²) in [6.45, 7) is 4.92. The molecule has 1 heterocycles. The molecule has 1 aliphatic carbocycles. The summed E-state index contributed by atoms with van der Waals surface area (Å²) in [6, 6.07) is 0.298. The average molecular weight is 267 g/mol. The molecule has 0 amide bonds. The average Bonchev–Trinajstić information content (AvgIpc) is 3.22. The van der Waals surface area contributed by atoms with Crippen molar-refractivity contribution in [2.75, 3.05) is 44.0 Å². The Morgan fingerprint density at radius 1 is 1.16 bits per heavy atom. The molecule has 7 heteroatoms. The fraction of sp³-hybridized carbons (Fsp3) is 0.750. The highest BCUT2D eigenvalue weighted by molar-refractivity contribution is 5.35. The largest absolute Gasteiger partial charge is 0.467 e. The van der Waals surface area contributed by atoms with E-state index in [1.165, 1.54) is 20.0 Å². The molecule has 0 aromatic carbocycles. The fourth-order valence-electron chi connectivity index (χ4n) is 1.53. The zero-order valence-corrected chi connectivity index (χ0v) is 11.5. The Kier molecular flexibility index (Phi) is 5.14. The number of hydrogen-bond acceptors (Lipinski definition) is 7. The van der Waals surface area contributed by atoms with Crippen molar-refractivity contribution in [3.8, 4) is 6.01 Å². The van der Waals surface area contributed by atoms with Gasteiger partial charge in [-0.15, -0.1) is 0 Å². The highest BCUT2D eigenvalue weighted by Gasteiger charge is 2.20. The molecule has 1 saturated carbocycles. The molecule has 19 heavy (non-hydrogen) atoms. The molecule has 0 radical (unpaired) electrons. The van der Waals surface area contributed by atoms with Crippen LogP contribution in [0.5, 0.6) is 6.01 Å². The highest BCUT2D eigenvalue weighted by atomic mass is 16.5. The third-order valence-corrected chi connectivity index (χ3v) is 2.71. The predicted octanol–water partition coefficient (Wildman–Crippen LogP) is 1.15. The topological polar surface area (TPSA) is 81.2 Å². The Morgan fingerprint density at radius 2 is 1.89 bits per heavy atom. The number of methoxy groups -OCH3 is 1. The molecule has 1 fully saturated rings. The first kappa shape index (κ1) is 13.8. The van der Waals surface area contributed by atoms with Crippen molar-refractivity contribution in [1.82, 2.24) is 15.0 Å². The maximum absolute atomic E-state index is 5.53. The van der Waals surface area contributed by atoms with E-state index in [0.717, 1.165) is 19.1 Å².